The van der Waals surface area contributed by atoms with E-state index in [1.165, 1.54) is 35.2 Å². The van der Waals surface area contributed by atoms with Crippen LogP contribution >= 0.6 is 0 Å². The molecule has 178 valence electrons. The van der Waals surface area contributed by atoms with E-state index in [9.17, 15) is 18.0 Å². The van der Waals surface area contributed by atoms with E-state index in [0.717, 1.165) is 5.56 Å². The summed E-state index contributed by atoms with van der Waals surface area (Å²) in [5.41, 5.74) is 1.27. The number of rotatable bonds is 7. The molecule has 2 N–H and O–H groups in total. The Morgan fingerprint density at radius 1 is 1.15 bits per heavy atom. The third-order valence-electron chi connectivity index (χ3n) is 5.29. The normalized spacial score (nSPS) is 15.7. The number of nitrogens with one attached hydrogen (secondary N) is 2. The van der Waals surface area contributed by atoms with E-state index < -0.39 is 22.2 Å². The molecule has 10 nitrogen and oxygen atoms in total. The number of hydrogen-bond donors (Lipinski definition) is 2. The maximum absolute atomic E-state index is 12.8. The fourth-order valence-electron chi connectivity index (χ4n) is 3.61. The van der Waals surface area contributed by atoms with Gasteiger partial charge >= 0.3 is 6.09 Å². The zero-order valence-corrected chi connectivity index (χ0v) is 19.2. The van der Waals surface area contributed by atoms with Crippen molar-refractivity contribution < 1.29 is 27.3 Å². The van der Waals surface area contributed by atoms with Crippen LogP contribution in [0, 0.1) is 6.92 Å². The number of aromatic nitrogens is 1. The Balaban J connectivity index is 1.35. The second-order valence-electron chi connectivity index (χ2n) is 7.83. The van der Waals surface area contributed by atoms with E-state index >= 15 is 0 Å². The van der Waals surface area contributed by atoms with Crippen LogP contribution in [0.25, 0.3) is 0 Å². The number of ether oxygens (including phenoxy) is 1. The summed E-state index contributed by atoms with van der Waals surface area (Å²) in [6.07, 6.45) is 0.653. The Kier molecular flexibility index (Phi) is 6.82. The van der Waals surface area contributed by atoms with E-state index in [-0.39, 0.29) is 23.2 Å². The van der Waals surface area contributed by atoms with Gasteiger partial charge in [-0.05, 0) is 49.6 Å². The van der Waals surface area contributed by atoms with Crippen molar-refractivity contribution in [3.63, 3.8) is 0 Å². The van der Waals surface area contributed by atoms with Gasteiger partial charge in [0.15, 0.2) is 5.82 Å². The highest BCUT2D eigenvalue weighted by Gasteiger charge is 2.35. The Morgan fingerprint density at radius 3 is 2.56 bits per heavy atom. The smallest absolute Gasteiger partial charge is 0.410 e. The van der Waals surface area contributed by atoms with Crippen molar-refractivity contribution >= 4 is 33.5 Å². The largest absolute Gasteiger partial charge is 0.445 e. The van der Waals surface area contributed by atoms with Crippen LogP contribution in [-0.2, 0) is 26.2 Å². The Labute approximate surface area is 196 Å². The van der Waals surface area contributed by atoms with Crippen LogP contribution in [0.15, 0.2) is 70.1 Å². The van der Waals surface area contributed by atoms with Gasteiger partial charge in [-0.15, -0.1) is 0 Å². The minimum absolute atomic E-state index is 0.00173. The quantitative estimate of drug-likeness (QED) is 0.524. The van der Waals surface area contributed by atoms with Gasteiger partial charge in [0.25, 0.3) is 10.0 Å². The summed E-state index contributed by atoms with van der Waals surface area (Å²) in [6.45, 7) is 2.20. The van der Waals surface area contributed by atoms with Crippen molar-refractivity contribution in [2.75, 3.05) is 16.6 Å². The number of carbonyl (C=O) groups is 2. The maximum atomic E-state index is 12.8. The molecule has 1 saturated heterocycles. The highest BCUT2D eigenvalue weighted by atomic mass is 32.2. The molecule has 0 bridgehead atoms. The first-order valence-electron chi connectivity index (χ1n) is 10.7. The molecule has 3 aromatic rings. The summed E-state index contributed by atoms with van der Waals surface area (Å²) in [5, 5.41) is 6.36. The van der Waals surface area contributed by atoms with Gasteiger partial charge in [0, 0.05) is 18.3 Å². The Hall–Kier alpha value is -3.86. The summed E-state index contributed by atoms with van der Waals surface area (Å²) in [6, 6.07) is 15.8. The van der Waals surface area contributed by atoms with Crippen molar-refractivity contribution in [3.8, 4) is 0 Å². The minimum atomic E-state index is -3.86. The van der Waals surface area contributed by atoms with Crippen molar-refractivity contribution in [3.05, 3.63) is 72.0 Å². The first-order chi connectivity index (χ1) is 16.3. The molecular weight excluding hydrogens is 460 g/mol. The van der Waals surface area contributed by atoms with Crippen molar-refractivity contribution in [2.45, 2.75) is 37.3 Å². The number of hydrogen-bond acceptors (Lipinski definition) is 7. The molecule has 1 atom stereocenters. The zero-order valence-electron chi connectivity index (χ0n) is 18.4. The number of sulfonamides is 1. The van der Waals surface area contributed by atoms with Gasteiger partial charge in [-0.1, -0.05) is 35.5 Å². The first kappa shape index (κ1) is 23.3. The van der Waals surface area contributed by atoms with Gasteiger partial charge in [-0.3, -0.25) is 14.4 Å². The predicted molar refractivity (Wildman–Crippen MR) is 123 cm³/mol. The molecule has 0 saturated carbocycles. The topological polar surface area (TPSA) is 131 Å². The number of amides is 2. The zero-order chi connectivity index (χ0) is 24.1. The maximum Gasteiger partial charge on any atom is 0.410 e. The van der Waals surface area contributed by atoms with Crippen molar-refractivity contribution in [1.82, 2.24) is 10.1 Å². The lowest BCUT2D eigenvalue weighted by molar-refractivity contribution is -0.120. The van der Waals surface area contributed by atoms with Crippen molar-refractivity contribution in [2.24, 2.45) is 0 Å². The fraction of sp³-hybridized carbons (Fsp3) is 0.261. The van der Waals surface area contributed by atoms with E-state index in [0.29, 0.717) is 30.8 Å². The molecule has 2 amide bonds. The molecule has 34 heavy (non-hydrogen) atoms. The van der Waals surface area contributed by atoms with E-state index in [4.69, 9.17) is 9.26 Å². The molecule has 0 radical (unpaired) electrons. The Bertz CT molecular complexity index is 1260. The highest BCUT2D eigenvalue weighted by molar-refractivity contribution is 7.92. The average Bonchev–Trinajstić information content (AvgIpc) is 3.47. The number of nitrogens with zero attached hydrogens (tertiary/aromatic N) is 2. The van der Waals surface area contributed by atoms with Crippen LogP contribution in [0.5, 0.6) is 0 Å². The number of anilines is 2. The van der Waals surface area contributed by atoms with Crippen LogP contribution in [0.3, 0.4) is 0 Å². The van der Waals surface area contributed by atoms with Gasteiger partial charge in [-0.2, -0.15) is 0 Å². The number of likely N-dealkylation sites (tertiary alicyclic amines) is 1. The summed E-state index contributed by atoms with van der Waals surface area (Å²) in [7, 11) is -3.86. The number of aryl methyl sites for hydroxylation is 1. The van der Waals surface area contributed by atoms with Gasteiger partial charge in [0.05, 0.1) is 4.90 Å². The van der Waals surface area contributed by atoms with Crippen LogP contribution < -0.4 is 10.0 Å². The summed E-state index contributed by atoms with van der Waals surface area (Å²) in [5.74, 6) is 0.192. The molecule has 0 spiro atoms. The molecule has 1 aliphatic heterocycles. The third-order valence-corrected chi connectivity index (χ3v) is 6.66. The monoisotopic (exact) mass is 484 g/mol. The summed E-state index contributed by atoms with van der Waals surface area (Å²) in [4.78, 5) is 26.8. The van der Waals surface area contributed by atoms with Gasteiger partial charge < -0.3 is 14.6 Å². The molecule has 0 aliphatic carbocycles. The summed E-state index contributed by atoms with van der Waals surface area (Å²) >= 11 is 0. The number of benzene rings is 2. The molecule has 4 rings (SSSR count). The van der Waals surface area contributed by atoms with Gasteiger partial charge in [-0.25, -0.2) is 13.2 Å². The molecule has 11 heteroatoms. The molecule has 1 fully saturated rings. The lowest BCUT2D eigenvalue weighted by atomic mass is 10.2. The second-order valence-corrected chi connectivity index (χ2v) is 9.52. The lowest BCUT2D eigenvalue weighted by Gasteiger charge is -2.23. The van der Waals surface area contributed by atoms with Crippen LogP contribution in [0.2, 0.25) is 0 Å². The van der Waals surface area contributed by atoms with Crippen LogP contribution in [0.1, 0.15) is 24.2 Å². The third kappa shape index (κ3) is 5.54. The van der Waals surface area contributed by atoms with Crippen LogP contribution in [0.4, 0.5) is 16.3 Å². The van der Waals surface area contributed by atoms with E-state index in [2.05, 4.69) is 15.2 Å². The molecule has 2 heterocycles. The molecule has 2 aromatic carbocycles. The Morgan fingerprint density at radius 2 is 1.88 bits per heavy atom. The highest BCUT2D eigenvalue weighted by Crippen LogP contribution is 2.22. The second kappa shape index (κ2) is 9.96. The molecular formula is C23H24N4O6S. The minimum Gasteiger partial charge on any atom is -0.445 e. The van der Waals surface area contributed by atoms with E-state index in [1.54, 1.807) is 6.92 Å². The van der Waals surface area contributed by atoms with E-state index in [1.807, 2.05) is 30.3 Å². The SMILES string of the molecule is Cc1cc(NS(=O)(=O)c2ccc(NC(=O)C3CCCN3C(=O)OCc3ccccc3)cc2)no1. The average molecular weight is 485 g/mol. The lowest BCUT2D eigenvalue weighted by Crippen LogP contribution is -2.43. The predicted octanol–water partition coefficient (Wildman–Crippen LogP) is 3.52. The standard InChI is InChI=1S/C23H24N4O6S/c1-16-14-21(25-33-16)26-34(30,31)19-11-9-18(10-12-19)24-22(28)20-8-5-13-27(20)23(29)32-15-17-6-3-2-4-7-17/h2-4,6-7,9-12,14,20H,5,8,13,15H2,1H3,(H,24,28)(H,25,26). The molecule has 1 aliphatic rings. The summed E-state index contributed by atoms with van der Waals surface area (Å²) < 4.78 is 37.5. The van der Waals surface area contributed by atoms with Crippen molar-refractivity contribution in [1.29, 1.82) is 0 Å². The first-order valence-corrected chi connectivity index (χ1v) is 12.1. The van der Waals surface area contributed by atoms with Gasteiger partial charge in [0.2, 0.25) is 5.91 Å². The number of carbonyl (C=O) groups excluding carboxylic acids is 2. The fourth-order valence-corrected chi connectivity index (χ4v) is 4.60. The van der Waals surface area contributed by atoms with Gasteiger partial charge in [0.1, 0.15) is 18.4 Å². The molecule has 1 unspecified atom stereocenters. The van der Waals surface area contributed by atoms with Crippen LogP contribution in [-0.4, -0.2) is 43.1 Å². The molecule has 1 aromatic heterocycles.